The molecule has 1 aromatic rings. The van der Waals surface area contributed by atoms with E-state index in [1.54, 1.807) is 0 Å². The van der Waals surface area contributed by atoms with E-state index in [0.717, 1.165) is 0 Å². The SMILES string of the molecule is CCC(C)[C@H](c1c(F)c(F)cc(F)c1F)N1CCNCC1. The summed E-state index contributed by atoms with van der Waals surface area (Å²) >= 11 is 0. The zero-order valence-corrected chi connectivity index (χ0v) is 12.2. The van der Waals surface area contributed by atoms with Gasteiger partial charge in [0, 0.05) is 43.9 Å². The van der Waals surface area contributed by atoms with Crippen LogP contribution in [0.15, 0.2) is 6.07 Å². The van der Waals surface area contributed by atoms with Crippen molar-refractivity contribution in [1.82, 2.24) is 10.2 Å². The van der Waals surface area contributed by atoms with Crippen LogP contribution in [0.25, 0.3) is 0 Å². The van der Waals surface area contributed by atoms with Crippen molar-refractivity contribution in [3.8, 4) is 0 Å². The molecule has 1 aliphatic heterocycles. The van der Waals surface area contributed by atoms with Crippen LogP contribution in [0.5, 0.6) is 0 Å². The number of benzene rings is 1. The van der Waals surface area contributed by atoms with E-state index in [9.17, 15) is 17.6 Å². The molecule has 118 valence electrons. The minimum atomic E-state index is -1.34. The van der Waals surface area contributed by atoms with Crippen molar-refractivity contribution in [3.05, 3.63) is 34.9 Å². The number of nitrogens with one attached hydrogen (secondary N) is 1. The molecule has 6 heteroatoms. The minimum Gasteiger partial charge on any atom is -0.314 e. The molecule has 0 amide bonds. The molecular formula is C15H20F4N2. The van der Waals surface area contributed by atoms with Gasteiger partial charge in [-0.05, 0) is 5.92 Å². The third-order valence-electron chi connectivity index (χ3n) is 4.17. The summed E-state index contributed by atoms with van der Waals surface area (Å²) < 4.78 is 55.2. The first-order valence-corrected chi connectivity index (χ1v) is 7.25. The Balaban J connectivity index is 2.50. The van der Waals surface area contributed by atoms with Gasteiger partial charge in [0.1, 0.15) is 0 Å². The third-order valence-corrected chi connectivity index (χ3v) is 4.17. The van der Waals surface area contributed by atoms with Gasteiger partial charge >= 0.3 is 0 Å². The molecule has 1 heterocycles. The van der Waals surface area contributed by atoms with E-state index in [1.807, 2.05) is 18.7 Å². The van der Waals surface area contributed by atoms with Gasteiger partial charge in [0.2, 0.25) is 0 Å². The first-order valence-electron chi connectivity index (χ1n) is 7.25. The highest BCUT2D eigenvalue weighted by atomic mass is 19.2. The van der Waals surface area contributed by atoms with E-state index in [-0.39, 0.29) is 12.0 Å². The lowest BCUT2D eigenvalue weighted by molar-refractivity contribution is 0.120. The standard InChI is InChI=1S/C15H20F4N2/c1-3-9(2)15(21-6-4-20-5-7-21)12-13(18)10(16)8-11(17)14(12)19/h8-9,15,20H,3-7H2,1-2H3/t9?,15-/m1/s1. The summed E-state index contributed by atoms with van der Waals surface area (Å²) in [6, 6.07) is -0.401. The highest BCUT2D eigenvalue weighted by Crippen LogP contribution is 2.35. The van der Waals surface area contributed by atoms with Gasteiger partial charge in [0.25, 0.3) is 0 Å². The lowest BCUT2D eigenvalue weighted by atomic mass is 9.89. The number of hydrogen-bond acceptors (Lipinski definition) is 2. The molecule has 1 saturated heterocycles. The minimum absolute atomic E-state index is 0.117. The van der Waals surface area contributed by atoms with E-state index in [1.165, 1.54) is 0 Å². The summed E-state index contributed by atoms with van der Waals surface area (Å²) in [4.78, 5) is 1.89. The van der Waals surface area contributed by atoms with Gasteiger partial charge in [-0.15, -0.1) is 0 Å². The Morgan fingerprint density at radius 1 is 1.10 bits per heavy atom. The van der Waals surface area contributed by atoms with Crippen molar-refractivity contribution < 1.29 is 17.6 Å². The van der Waals surface area contributed by atoms with Gasteiger partial charge in [0.15, 0.2) is 23.3 Å². The summed E-state index contributed by atoms with van der Waals surface area (Å²) in [6.07, 6.45) is 0.658. The van der Waals surface area contributed by atoms with Crippen LogP contribution in [0.4, 0.5) is 17.6 Å². The Bertz CT molecular complexity index is 475. The maximum atomic E-state index is 14.1. The Kier molecular flexibility index (Phi) is 5.22. The quantitative estimate of drug-likeness (QED) is 0.678. The molecule has 1 N–H and O–H groups in total. The number of rotatable bonds is 4. The first kappa shape index (κ1) is 16.2. The number of hydrogen-bond donors (Lipinski definition) is 1. The summed E-state index contributed by atoms with van der Waals surface area (Å²) in [5.41, 5.74) is -0.483. The molecule has 2 nitrogen and oxygen atoms in total. The largest absolute Gasteiger partial charge is 0.314 e. The molecule has 0 radical (unpaired) electrons. The number of nitrogens with zero attached hydrogens (tertiary/aromatic N) is 1. The van der Waals surface area contributed by atoms with Gasteiger partial charge in [-0.3, -0.25) is 4.90 Å². The van der Waals surface area contributed by atoms with E-state index in [4.69, 9.17) is 0 Å². The zero-order valence-electron chi connectivity index (χ0n) is 12.2. The van der Waals surface area contributed by atoms with Crippen molar-refractivity contribution in [2.24, 2.45) is 5.92 Å². The predicted octanol–water partition coefficient (Wildman–Crippen LogP) is 3.24. The number of piperazine rings is 1. The molecule has 0 bridgehead atoms. The second-order valence-electron chi connectivity index (χ2n) is 5.50. The molecular weight excluding hydrogens is 284 g/mol. The van der Waals surface area contributed by atoms with Crippen LogP contribution in [0.1, 0.15) is 31.9 Å². The topological polar surface area (TPSA) is 15.3 Å². The predicted molar refractivity (Wildman–Crippen MR) is 72.9 cm³/mol. The van der Waals surface area contributed by atoms with Crippen molar-refractivity contribution in [1.29, 1.82) is 0 Å². The smallest absolute Gasteiger partial charge is 0.166 e. The van der Waals surface area contributed by atoms with Crippen LogP contribution in [0.3, 0.4) is 0 Å². The molecule has 0 aromatic heterocycles. The van der Waals surface area contributed by atoms with E-state index < -0.39 is 34.9 Å². The summed E-state index contributed by atoms with van der Waals surface area (Å²) in [6.45, 7) is 6.29. The van der Waals surface area contributed by atoms with Crippen LogP contribution in [0, 0.1) is 29.2 Å². The lowest BCUT2D eigenvalue weighted by Crippen LogP contribution is -2.47. The fourth-order valence-electron chi connectivity index (χ4n) is 2.86. The van der Waals surface area contributed by atoms with Crippen LogP contribution >= 0.6 is 0 Å². The van der Waals surface area contributed by atoms with Crippen LogP contribution < -0.4 is 5.32 Å². The second kappa shape index (κ2) is 6.75. The molecule has 21 heavy (non-hydrogen) atoms. The molecule has 1 unspecified atom stereocenters. The normalized spacial score (nSPS) is 19.5. The van der Waals surface area contributed by atoms with Crippen LogP contribution in [-0.4, -0.2) is 31.1 Å². The summed E-state index contributed by atoms with van der Waals surface area (Å²) in [5, 5.41) is 3.15. The maximum Gasteiger partial charge on any atom is 0.166 e. The summed E-state index contributed by atoms with van der Waals surface area (Å²) in [5.74, 6) is -5.36. The van der Waals surface area contributed by atoms with Crippen LogP contribution in [0.2, 0.25) is 0 Å². The van der Waals surface area contributed by atoms with Gasteiger partial charge in [-0.2, -0.15) is 0 Å². The summed E-state index contributed by atoms with van der Waals surface area (Å²) in [7, 11) is 0. The second-order valence-corrected chi connectivity index (χ2v) is 5.50. The molecule has 1 fully saturated rings. The number of halogens is 4. The monoisotopic (exact) mass is 304 g/mol. The molecule has 0 saturated carbocycles. The van der Waals surface area contributed by atoms with Crippen molar-refractivity contribution in [3.63, 3.8) is 0 Å². The fraction of sp³-hybridized carbons (Fsp3) is 0.600. The average Bonchev–Trinajstić information content (AvgIpc) is 2.49. The van der Waals surface area contributed by atoms with E-state index in [0.29, 0.717) is 32.6 Å². The average molecular weight is 304 g/mol. The Labute approximate surface area is 122 Å². The molecule has 0 aliphatic carbocycles. The lowest BCUT2D eigenvalue weighted by Gasteiger charge is -2.38. The van der Waals surface area contributed by atoms with Gasteiger partial charge < -0.3 is 5.32 Å². The van der Waals surface area contributed by atoms with E-state index in [2.05, 4.69) is 5.32 Å². The maximum absolute atomic E-state index is 14.1. The Hall–Kier alpha value is -1.14. The zero-order chi connectivity index (χ0) is 15.6. The van der Waals surface area contributed by atoms with Crippen molar-refractivity contribution in [2.45, 2.75) is 26.3 Å². The Morgan fingerprint density at radius 2 is 1.62 bits per heavy atom. The molecule has 1 aromatic carbocycles. The molecule has 2 rings (SSSR count). The molecule has 1 aliphatic rings. The highest BCUT2D eigenvalue weighted by Gasteiger charge is 2.33. The van der Waals surface area contributed by atoms with Crippen molar-refractivity contribution in [2.75, 3.05) is 26.2 Å². The van der Waals surface area contributed by atoms with E-state index >= 15 is 0 Å². The van der Waals surface area contributed by atoms with Crippen molar-refractivity contribution >= 4 is 0 Å². The van der Waals surface area contributed by atoms with Gasteiger partial charge in [0.05, 0.1) is 0 Å². The molecule has 2 atom stereocenters. The van der Waals surface area contributed by atoms with Gasteiger partial charge in [-0.1, -0.05) is 20.3 Å². The Morgan fingerprint density at radius 3 is 2.10 bits per heavy atom. The molecule has 0 spiro atoms. The fourth-order valence-corrected chi connectivity index (χ4v) is 2.86. The first-order chi connectivity index (χ1) is 9.97. The third kappa shape index (κ3) is 3.21. The highest BCUT2D eigenvalue weighted by molar-refractivity contribution is 5.26. The van der Waals surface area contributed by atoms with Crippen LogP contribution in [-0.2, 0) is 0 Å². The van der Waals surface area contributed by atoms with Gasteiger partial charge in [-0.25, -0.2) is 17.6 Å².